The Balaban J connectivity index is 1.91. The van der Waals surface area contributed by atoms with Gasteiger partial charge in [0.25, 0.3) is 0 Å². The highest BCUT2D eigenvalue weighted by atomic mass is 35.5. The molecule has 21 heavy (non-hydrogen) atoms. The van der Waals surface area contributed by atoms with Gasteiger partial charge in [0, 0.05) is 22.2 Å². The standard InChI is InChI=1S/C13H11Cl2N3O3/c14-8-4-7(5-9(15)6-8)11-16-13(21-17-11)18-3-1-2-10(18)12(19)20/h4-6,10H,1-3H2,(H,19,20). The quantitative estimate of drug-likeness (QED) is 0.933. The number of benzene rings is 1. The normalized spacial score (nSPS) is 18.2. The molecule has 1 unspecified atom stereocenters. The van der Waals surface area contributed by atoms with Crippen LogP contribution in [0.25, 0.3) is 11.4 Å². The number of hydrogen-bond donors (Lipinski definition) is 1. The first-order chi connectivity index (χ1) is 10.0. The molecule has 1 fully saturated rings. The van der Waals surface area contributed by atoms with Crippen LogP contribution in [0.3, 0.4) is 0 Å². The van der Waals surface area contributed by atoms with E-state index in [1.807, 2.05) is 0 Å². The van der Waals surface area contributed by atoms with Crippen LogP contribution in [0.2, 0.25) is 10.0 Å². The van der Waals surface area contributed by atoms with Gasteiger partial charge in [-0.2, -0.15) is 4.98 Å². The molecule has 0 saturated carbocycles. The van der Waals surface area contributed by atoms with Crippen LogP contribution < -0.4 is 4.90 Å². The van der Waals surface area contributed by atoms with Gasteiger partial charge in [-0.3, -0.25) is 0 Å². The lowest BCUT2D eigenvalue weighted by Crippen LogP contribution is -2.36. The van der Waals surface area contributed by atoms with Crippen molar-refractivity contribution in [3.8, 4) is 11.4 Å². The van der Waals surface area contributed by atoms with Gasteiger partial charge in [0.1, 0.15) is 6.04 Å². The number of carboxylic acid groups (broad SMARTS) is 1. The van der Waals surface area contributed by atoms with Crippen molar-refractivity contribution in [3.63, 3.8) is 0 Å². The topological polar surface area (TPSA) is 79.5 Å². The third-order valence-electron chi connectivity index (χ3n) is 3.32. The molecular weight excluding hydrogens is 317 g/mol. The number of anilines is 1. The predicted molar refractivity (Wildman–Crippen MR) is 77.8 cm³/mol. The fourth-order valence-electron chi connectivity index (χ4n) is 2.38. The molecule has 2 heterocycles. The van der Waals surface area contributed by atoms with E-state index in [1.54, 1.807) is 23.1 Å². The minimum Gasteiger partial charge on any atom is -0.480 e. The second-order valence-electron chi connectivity index (χ2n) is 4.75. The second-order valence-corrected chi connectivity index (χ2v) is 5.62. The smallest absolute Gasteiger partial charge is 0.326 e. The van der Waals surface area contributed by atoms with Crippen molar-refractivity contribution in [2.45, 2.75) is 18.9 Å². The molecule has 0 aliphatic carbocycles. The van der Waals surface area contributed by atoms with E-state index in [-0.39, 0.29) is 6.01 Å². The molecule has 3 rings (SSSR count). The Hall–Kier alpha value is -1.79. The summed E-state index contributed by atoms with van der Waals surface area (Å²) < 4.78 is 5.18. The summed E-state index contributed by atoms with van der Waals surface area (Å²) in [6.45, 7) is 0.578. The van der Waals surface area contributed by atoms with E-state index in [4.69, 9.17) is 27.7 Å². The Morgan fingerprint density at radius 3 is 2.71 bits per heavy atom. The fraction of sp³-hybridized carbons (Fsp3) is 0.308. The van der Waals surface area contributed by atoms with Gasteiger partial charge in [-0.25, -0.2) is 4.79 Å². The average molecular weight is 328 g/mol. The lowest BCUT2D eigenvalue weighted by Gasteiger charge is -2.17. The first-order valence-electron chi connectivity index (χ1n) is 6.34. The average Bonchev–Trinajstić information content (AvgIpc) is 3.06. The zero-order valence-electron chi connectivity index (χ0n) is 10.8. The van der Waals surface area contributed by atoms with Gasteiger partial charge in [-0.1, -0.05) is 28.4 Å². The largest absolute Gasteiger partial charge is 0.480 e. The van der Waals surface area contributed by atoms with E-state index in [9.17, 15) is 9.90 Å². The van der Waals surface area contributed by atoms with Crippen LogP contribution in [0.5, 0.6) is 0 Å². The number of aromatic nitrogens is 2. The molecule has 1 N–H and O–H groups in total. The van der Waals surface area contributed by atoms with E-state index in [0.29, 0.717) is 34.4 Å². The van der Waals surface area contributed by atoms with Crippen LogP contribution in [-0.2, 0) is 4.79 Å². The van der Waals surface area contributed by atoms with Crippen molar-refractivity contribution in [1.82, 2.24) is 10.1 Å². The molecule has 1 aliphatic heterocycles. The molecule has 110 valence electrons. The zero-order valence-corrected chi connectivity index (χ0v) is 12.3. The number of carboxylic acids is 1. The van der Waals surface area contributed by atoms with Crippen LogP contribution in [0, 0.1) is 0 Å². The molecule has 1 aromatic carbocycles. The number of hydrogen-bond acceptors (Lipinski definition) is 5. The Morgan fingerprint density at radius 2 is 2.05 bits per heavy atom. The molecule has 0 spiro atoms. The summed E-state index contributed by atoms with van der Waals surface area (Å²) in [5.74, 6) is -0.566. The SMILES string of the molecule is O=C(O)C1CCCN1c1nc(-c2cc(Cl)cc(Cl)c2)no1. The van der Waals surface area contributed by atoms with Gasteiger partial charge in [-0.15, -0.1) is 0 Å². The van der Waals surface area contributed by atoms with Crippen molar-refractivity contribution < 1.29 is 14.4 Å². The summed E-state index contributed by atoms with van der Waals surface area (Å²) in [6.07, 6.45) is 1.34. The number of rotatable bonds is 3. The van der Waals surface area contributed by atoms with Crippen LogP contribution in [0.1, 0.15) is 12.8 Å². The van der Waals surface area contributed by atoms with Gasteiger partial charge < -0.3 is 14.5 Å². The number of halogens is 2. The second kappa shape index (κ2) is 5.54. The van der Waals surface area contributed by atoms with E-state index in [0.717, 1.165) is 6.42 Å². The van der Waals surface area contributed by atoms with Crippen LogP contribution in [-0.4, -0.2) is 33.8 Å². The lowest BCUT2D eigenvalue weighted by molar-refractivity contribution is -0.138. The molecule has 1 saturated heterocycles. The molecular formula is C13H11Cl2N3O3. The van der Waals surface area contributed by atoms with Crippen molar-refractivity contribution in [3.05, 3.63) is 28.2 Å². The molecule has 1 atom stereocenters. The van der Waals surface area contributed by atoms with Gasteiger partial charge in [-0.05, 0) is 31.0 Å². The minimum atomic E-state index is -0.891. The Bertz CT molecular complexity index is 669. The minimum absolute atomic E-state index is 0.200. The van der Waals surface area contributed by atoms with Crippen molar-refractivity contribution >= 4 is 35.2 Å². The Morgan fingerprint density at radius 1 is 1.33 bits per heavy atom. The van der Waals surface area contributed by atoms with Crippen molar-refractivity contribution in [1.29, 1.82) is 0 Å². The predicted octanol–water partition coefficient (Wildman–Crippen LogP) is 3.10. The summed E-state index contributed by atoms with van der Waals surface area (Å²) in [5.41, 5.74) is 0.619. The van der Waals surface area contributed by atoms with Gasteiger partial charge in [0.2, 0.25) is 5.82 Å². The maximum absolute atomic E-state index is 11.2. The third kappa shape index (κ3) is 2.82. The van der Waals surface area contributed by atoms with Crippen molar-refractivity contribution in [2.24, 2.45) is 0 Å². The van der Waals surface area contributed by atoms with Crippen LogP contribution in [0.15, 0.2) is 22.7 Å². The molecule has 0 amide bonds. The van der Waals surface area contributed by atoms with Gasteiger partial charge >= 0.3 is 12.0 Å². The van der Waals surface area contributed by atoms with E-state index in [1.165, 1.54) is 0 Å². The molecule has 0 bridgehead atoms. The number of nitrogens with zero attached hydrogens (tertiary/aromatic N) is 3. The number of aliphatic carboxylic acids is 1. The first-order valence-corrected chi connectivity index (χ1v) is 7.10. The maximum Gasteiger partial charge on any atom is 0.326 e. The summed E-state index contributed by atoms with van der Waals surface area (Å²) >= 11 is 11.9. The highest BCUT2D eigenvalue weighted by Gasteiger charge is 2.34. The van der Waals surface area contributed by atoms with Crippen molar-refractivity contribution in [2.75, 3.05) is 11.4 Å². The fourth-order valence-corrected chi connectivity index (χ4v) is 2.91. The van der Waals surface area contributed by atoms with E-state index in [2.05, 4.69) is 10.1 Å². The van der Waals surface area contributed by atoms with Gasteiger partial charge in [0.15, 0.2) is 0 Å². The van der Waals surface area contributed by atoms with Crippen LogP contribution >= 0.6 is 23.2 Å². The van der Waals surface area contributed by atoms with E-state index < -0.39 is 12.0 Å². The highest BCUT2D eigenvalue weighted by molar-refractivity contribution is 6.35. The molecule has 8 heteroatoms. The molecule has 0 radical (unpaired) electrons. The molecule has 2 aromatic rings. The zero-order chi connectivity index (χ0) is 15.0. The Kier molecular flexibility index (Phi) is 3.73. The third-order valence-corrected chi connectivity index (χ3v) is 3.76. The van der Waals surface area contributed by atoms with E-state index >= 15 is 0 Å². The maximum atomic E-state index is 11.2. The summed E-state index contributed by atoms with van der Waals surface area (Å²) in [7, 11) is 0. The summed E-state index contributed by atoms with van der Waals surface area (Å²) in [5, 5.41) is 14.0. The van der Waals surface area contributed by atoms with Crippen LogP contribution in [0.4, 0.5) is 6.01 Å². The number of carbonyl (C=O) groups is 1. The summed E-state index contributed by atoms with van der Waals surface area (Å²) in [4.78, 5) is 17.0. The molecule has 1 aliphatic rings. The monoisotopic (exact) mass is 327 g/mol. The highest BCUT2D eigenvalue weighted by Crippen LogP contribution is 2.29. The molecule has 6 nitrogen and oxygen atoms in total. The lowest BCUT2D eigenvalue weighted by atomic mass is 10.2. The summed E-state index contributed by atoms with van der Waals surface area (Å²) in [6, 6.07) is 4.52. The molecule has 1 aromatic heterocycles. The van der Waals surface area contributed by atoms with Gasteiger partial charge in [0.05, 0.1) is 0 Å². The first kappa shape index (κ1) is 14.2. The Labute approximate surface area is 130 Å².